The highest BCUT2D eigenvalue weighted by Crippen LogP contribution is 2.27. The van der Waals surface area contributed by atoms with Crippen LogP contribution in [0, 0.1) is 5.92 Å². The van der Waals surface area contributed by atoms with E-state index in [-0.39, 0.29) is 0 Å². The third-order valence-corrected chi connectivity index (χ3v) is 4.36. The molecule has 0 aromatic carbocycles. The van der Waals surface area contributed by atoms with Crippen LogP contribution < -0.4 is 5.32 Å². The second kappa shape index (κ2) is 7.61. The lowest BCUT2D eigenvalue weighted by Gasteiger charge is -2.27. The molecule has 19 heavy (non-hydrogen) atoms. The van der Waals surface area contributed by atoms with E-state index in [0.717, 1.165) is 25.5 Å². The SMILES string of the molecule is CC1CCCC(OCC2CCC(CNC(C)C)O2)C1. The molecule has 4 unspecified atom stereocenters. The Hall–Kier alpha value is -0.120. The molecule has 2 fully saturated rings. The van der Waals surface area contributed by atoms with Crippen molar-refractivity contribution in [2.75, 3.05) is 13.2 Å². The van der Waals surface area contributed by atoms with E-state index < -0.39 is 0 Å². The van der Waals surface area contributed by atoms with Gasteiger partial charge in [-0.05, 0) is 31.6 Å². The molecule has 3 nitrogen and oxygen atoms in total. The molecule has 1 saturated carbocycles. The first-order valence-electron chi connectivity index (χ1n) is 8.14. The van der Waals surface area contributed by atoms with Crippen molar-refractivity contribution in [3.8, 4) is 0 Å². The maximum Gasteiger partial charge on any atom is 0.0814 e. The number of hydrogen-bond donors (Lipinski definition) is 1. The van der Waals surface area contributed by atoms with Gasteiger partial charge in [-0.25, -0.2) is 0 Å². The summed E-state index contributed by atoms with van der Waals surface area (Å²) >= 11 is 0. The van der Waals surface area contributed by atoms with Crippen molar-refractivity contribution in [2.24, 2.45) is 5.92 Å². The van der Waals surface area contributed by atoms with E-state index in [1.54, 1.807) is 0 Å². The molecule has 1 N–H and O–H groups in total. The average molecular weight is 269 g/mol. The highest BCUT2D eigenvalue weighted by molar-refractivity contribution is 4.77. The van der Waals surface area contributed by atoms with Gasteiger partial charge >= 0.3 is 0 Å². The summed E-state index contributed by atoms with van der Waals surface area (Å²) in [6.07, 6.45) is 8.74. The van der Waals surface area contributed by atoms with Crippen LogP contribution in [0.5, 0.6) is 0 Å². The molecule has 0 radical (unpaired) electrons. The van der Waals surface area contributed by atoms with Crippen LogP contribution in [-0.2, 0) is 9.47 Å². The molecule has 2 rings (SSSR count). The molecule has 1 aliphatic carbocycles. The largest absolute Gasteiger partial charge is 0.376 e. The van der Waals surface area contributed by atoms with Gasteiger partial charge in [-0.3, -0.25) is 0 Å². The topological polar surface area (TPSA) is 30.5 Å². The fourth-order valence-electron chi connectivity index (χ4n) is 3.19. The molecule has 0 aromatic rings. The van der Waals surface area contributed by atoms with Gasteiger partial charge in [0.15, 0.2) is 0 Å². The Morgan fingerprint density at radius 3 is 2.68 bits per heavy atom. The summed E-state index contributed by atoms with van der Waals surface area (Å²) in [5.74, 6) is 0.839. The Morgan fingerprint density at radius 2 is 1.95 bits per heavy atom. The van der Waals surface area contributed by atoms with E-state index in [9.17, 15) is 0 Å². The summed E-state index contributed by atoms with van der Waals surface area (Å²) in [6, 6.07) is 0.544. The first-order valence-corrected chi connectivity index (χ1v) is 8.14. The van der Waals surface area contributed by atoms with E-state index >= 15 is 0 Å². The lowest BCUT2D eigenvalue weighted by Crippen LogP contribution is -2.33. The van der Waals surface area contributed by atoms with Gasteiger partial charge < -0.3 is 14.8 Å². The van der Waals surface area contributed by atoms with Crippen molar-refractivity contribution in [3.63, 3.8) is 0 Å². The smallest absolute Gasteiger partial charge is 0.0814 e. The minimum absolute atomic E-state index is 0.330. The molecular formula is C16H31NO2. The fourth-order valence-corrected chi connectivity index (χ4v) is 3.19. The Balaban J connectivity index is 1.59. The average Bonchev–Trinajstić information content (AvgIpc) is 2.82. The van der Waals surface area contributed by atoms with Crippen molar-refractivity contribution >= 4 is 0 Å². The lowest BCUT2D eigenvalue weighted by molar-refractivity contribution is -0.0549. The summed E-state index contributed by atoms with van der Waals surface area (Å²) in [6.45, 7) is 8.49. The Morgan fingerprint density at radius 1 is 1.16 bits per heavy atom. The van der Waals surface area contributed by atoms with E-state index in [1.165, 1.54) is 32.1 Å². The zero-order chi connectivity index (χ0) is 13.7. The molecule has 3 heteroatoms. The molecule has 0 amide bonds. The Bertz CT molecular complexity index is 257. The number of hydrogen-bond acceptors (Lipinski definition) is 3. The van der Waals surface area contributed by atoms with Crippen molar-refractivity contribution in [1.82, 2.24) is 5.32 Å². The zero-order valence-electron chi connectivity index (χ0n) is 12.9. The highest BCUT2D eigenvalue weighted by Gasteiger charge is 2.27. The Labute approximate surface area is 118 Å². The van der Waals surface area contributed by atoms with Crippen LogP contribution in [-0.4, -0.2) is 37.5 Å². The molecule has 4 atom stereocenters. The van der Waals surface area contributed by atoms with Crippen LogP contribution in [0.4, 0.5) is 0 Å². The third kappa shape index (κ3) is 5.41. The summed E-state index contributed by atoms with van der Waals surface area (Å²) in [5.41, 5.74) is 0. The number of nitrogens with one attached hydrogen (secondary N) is 1. The maximum atomic E-state index is 6.07. The van der Waals surface area contributed by atoms with Gasteiger partial charge in [0.05, 0.1) is 24.9 Å². The van der Waals surface area contributed by atoms with Gasteiger partial charge in [0.25, 0.3) is 0 Å². The van der Waals surface area contributed by atoms with Crippen LogP contribution >= 0.6 is 0 Å². The van der Waals surface area contributed by atoms with Gasteiger partial charge in [0.2, 0.25) is 0 Å². The van der Waals surface area contributed by atoms with E-state index in [0.29, 0.717) is 24.4 Å². The van der Waals surface area contributed by atoms with E-state index in [4.69, 9.17) is 9.47 Å². The van der Waals surface area contributed by atoms with Gasteiger partial charge in [-0.15, -0.1) is 0 Å². The van der Waals surface area contributed by atoms with E-state index in [1.807, 2.05) is 0 Å². The predicted octanol–water partition coefficient (Wildman–Crippen LogP) is 3.13. The third-order valence-electron chi connectivity index (χ3n) is 4.36. The molecule has 1 heterocycles. The minimum atomic E-state index is 0.330. The number of ether oxygens (including phenoxy) is 2. The molecule has 1 aliphatic heterocycles. The quantitative estimate of drug-likeness (QED) is 0.803. The molecular weight excluding hydrogens is 238 g/mol. The Kier molecular flexibility index (Phi) is 6.11. The standard InChI is InChI=1S/C16H31NO2/c1-12(2)17-10-15-7-8-16(19-15)11-18-14-6-4-5-13(3)9-14/h12-17H,4-11H2,1-3H3. The highest BCUT2D eigenvalue weighted by atomic mass is 16.5. The van der Waals surface area contributed by atoms with Crippen molar-refractivity contribution in [3.05, 3.63) is 0 Å². The van der Waals surface area contributed by atoms with Gasteiger partial charge in [0.1, 0.15) is 0 Å². The predicted molar refractivity (Wildman–Crippen MR) is 78.4 cm³/mol. The maximum absolute atomic E-state index is 6.07. The summed E-state index contributed by atoms with van der Waals surface area (Å²) < 4.78 is 12.1. The summed E-state index contributed by atoms with van der Waals surface area (Å²) in [4.78, 5) is 0. The summed E-state index contributed by atoms with van der Waals surface area (Å²) in [7, 11) is 0. The van der Waals surface area contributed by atoms with Crippen LogP contribution in [0.3, 0.4) is 0 Å². The van der Waals surface area contributed by atoms with Gasteiger partial charge in [-0.1, -0.05) is 33.6 Å². The molecule has 1 saturated heterocycles. The van der Waals surface area contributed by atoms with Gasteiger partial charge in [0, 0.05) is 12.6 Å². The second-order valence-electron chi connectivity index (χ2n) is 6.75. The van der Waals surface area contributed by atoms with Crippen molar-refractivity contribution < 1.29 is 9.47 Å². The monoisotopic (exact) mass is 269 g/mol. The van der Waals surface area contributed by atoms with Crippen LogP contribution in [0.15, 0.2) is 0 Å². The minimum Gasteiger partial charge on any atom is -0.376 e. The van der Waals surface area contributed by atoms with Crippen LogP contribution in [0.25, 0.3) is 0 Å². The van der Waals surface area contributed by atoms with Crippen molar-refractivity contribution in [2.45, 2.75) is 83.6 Å². The molecule has 0 aromatic heterocycles. The first-order chi connectivity index (χ1) is 9.13. The fraction of sp³-hybridized carbons (Fsp3) is 1.00. The molecule has 2 aliphatic rings. The van der Waals surface area contributed by atoms with Gasteiger partial charge in [-0.2, -0.15) is 0 Å². The molecule has 112 valence electrons. The normalized spacial score (nSPS) is 36.0. The first kappa shape index (κ1) is 15.3. The van der Waals surface area contributed by atoms with Crippen LogP contribution in [0.2, 0.25) is 0 Å². The van der Waals surface area contributed by atoms with Crippen molar-refractivity contribution in [1.29, 1.82) is 0 Å². The second-order valence-corrected chi connectivity index (χ2v) is 6.75. The van der Waals surface area contributed by atoms with E-state index in [2.05, 4.69) is 26.1 Å². The molecule has 0 bridgehead atoms. The number of rotatable bonds is 6. The molecule has 0 spiro atoms. The summed E-state index contributed by atoms with van der Waals surface area (Å²) in [5, 5.41) is 3.45. The van der Waals surface area contributed by atoms with Crippen LogP contribution in [0.1, 0.15) is 59.3 Å². The lowest BCUT2D eigenvalue weighted by atomic mass is 9.89. The zero-order valence-corrected chi connectivity index (χ0v) is 12.9.